The lowest BCUT2D eigenvalue weighted by atomic mass is 10.1. The number of nitrogen functional groups attached to an aromatic ring is 1. The number of hydrogen-bond donors (Lipinski definition) is 2. The van der Waals surface area contributed by atoms with Crippen LogP contribution in [-0.2, 0) is 16.5 Å². The van der Waals surface area contributed by atoms with E-state index in [2.05, 4.69) is 16.9 Å². The number of thiol groups is 1. The van der Waals surface area contributed by atoms with Gasteiger partial charge in [0.05, 0.1) is 23.3 Å². The van der Waals surface area contributed by atoms with Gasteiger partial charge in [-0.25, -0.2) is 18.4 Å². The fourth-order valence-electron chi connectivity index (χ4n) is 1.51. The summed E-state index contributed by atoms with van der Waals surface area (Å²) in [6, 6.07) is 7.10. The molecule has 0 amide bonds. The molecule has 2 rings (SSSR count). The Morgan fingerprint density at radius 1 is 1.22 bits per heavy atom. The Balaban J connectivity index is 2.31. The molecule has 1 aromatic heterocycles. The van der Waals surface area contributed by atoms with Crippen molar-refractivity contribution in [1.29, 1.82) is 0 Å². The third-order valence-corrected chi connectivity index (χ3v) is 3.06. The third-order valence-electron chi connectivity index (χ3n) is 2.44. The highest BCUT2D eigenvalue weighted by Crippen LogP contribution is 2.18. The summed E-state index contributed by atoms with van der Waals surface area (Å²) in [4.78, 5) is 8.20. The zero-order chi connectivity index (χ0) is 13.1. The fraction of sp³-hybridized carbons (Fsp3) is 0.0833. The highest BCUT2D eigenvalue weighted by molar-refractivity contribution is 7.71. The monoisotopic (exact) mass is 262 g/mol. The molecule has 0 saturated carbocycles. The maximum absolute atomic E-state index is 10.6. The number of nitrogens with two attached hydrogens (primary N) is 1. The molecule has 0 saturated heterocycles. The maximum atomic E-state index is 10.6. The SMILES string of the molecule is [CH2]c1nc(-c2ccc(C[SH](=O)=O)cc2)cnc1N. The second-order valence-electron chi connectivity index (χ2n) is 3.77. The molecule has 93 valence electrons. The number of aromatic nitrogens is 2. The van der Waals surface area contributed by atoms with Gasteiger partial charge in [-0.05, 0) is 12.5 Å². The van der Waals surface area contributed by atoms with Crippen molar-refractivity contribution in [3.8, 4) is 11.3 Å². The topological polar surface area (TPSA) is 85.9 Å². The van der Waals surface area contributed by atoms with Crippen molar-refractivity contribution in [3.63, 3.8) is 0 Å². The minimum Gasteiger partial charge on any atom is -0.382 e. The van der Waals surface area contributed by atoms with Gasteiger partial charge in [0, 0.05) is 5.56 Å². The molecular formula is C12H12N3O2S. The number of rotatable bonds is 3. The first-order chi connectivity index (χ1) is 8.56. The summed E-state index contributed by atoms with van der Waals surface area (Å²) < 4.78 is 21.2. The van der Waals surface area contributed by atoms with Crippen molar-refractivity contribution in [2.45, 2.75) is 5.75 Å². The van der Waals surface area contributed by atoms with E-state index in [4.69, 9.17) is 5.73 Å². The molecule has 0 aliphatic rings. The molecule has 0 bridgehead atoms. The molecule has 18 heavy (non-hydrogen) atoms. The molecule has 5 nitrogen and oxygen atoms in total. The maximum Gasteiger partial charge on any atom is 0.145 e. The minimum atomic E-state index is -2.40. The minimum absolute atomic E-state index is 0.0453. The van der Waals surface area contributed by atoms with E-state index in [-0.39, 0.29) is 5.75 Å². The van der Waals surface area contributed by atoms with Crippen LogP contribution < -0.4 is 5.73 Å². The van der Waals surface area contributed by atoms with Gasteiger partial charge in [0.2, 0.25) is 0 Å². The lowest BCUT2D eigenvalue weighted by molar-refractivity contribution is 0.614. The normalized spacial score (nSPS) is 10.8. The largest absolute Gasteiger partial charge is 0.382 e. The molecule has 1 aromatic carbocycles. The van der Waals surface area contributed by atoms with Crippen molar-refractivity contribution in [3.05, 3.63) is 48.6 Å². The van der Waals surface area contributed by atoms with Crippen molar-refractivity contribution in [2.75, 3.05) is 5.73 Å². The average molecular weight is 262 g/mol. The van der Waals surface area contributed by atoms with Crippen LogP contribution in [0, 0.1) is 6.92 Å². The summed E-state index contributed by atoms with van der Waals surface area (Å²) in [7, 11) is -2.40. The zero-order valence-electron chi connectivity index (χ0n) is 9.54. The predicted molar refractivity (Wildman–Crippen MR) is 70.4 cm³/mol. The first kappa shape index (κ1) is 12.5. The Kier molecular flexibility index (Phi) is 3.57. The first-order valence-corrected chi connectivity index (χ1v) is 6.58. The second-order valence-corrected chi connectivity index (χ2v) is 4.76. The number of nitrogens with zero attached hydrogens (tertiary/aromatic N) is 2. The van der Waals surface area contributed by atoms with Crippen LogP contribution in [0.2, 0.25) is 0 Å². The number of hydrogen-bond acceptors (Lipinski definition) is 5. The summed E-state index contributed by atoms with van der Waals surface area (Å²) >= 11 is 0. The molecule has 2 aromatic rings. The Bertz CT molecular complexity index is 628. The Morgan fingerprint density at radius 3 is 2.44 bits per heavy atom. The zero-order valence-corrected chi connectivity index (χ0v) is 10.4. The van der Waals surface area contributed by atoms with Crippen LogP contribution in [0.5, 0.6) is 0 Å². The molecule has 0 aliphatic heterocycles. The van der Waals surface area contributed by atoms with Crippen molar-refractivity contribution >= 4 is 16.5 Å². The highest BCUT2D eigenvalue weighted by atomic mass is 32.2. The van der Waals surface area contributed by atoms with E-state index in [1.54, 1.807) is 30.5 Å². The van der Waals surface area contributed by atoms with Crippen molar-refractivity contribution < 1.29 is 8.42 Å². The van der Waals surface area contributed by atoms with E-state index in [0.717, 1.165) is 11.1 Å². The molecular weight excluding hydrogens is 250 g/mol. The van der Waals surface area contributed by atoms with E-state index in [9.17, 15) is 8.42 Å². The van der Waals surface area contributed by atoms with Crippen LogP contribution in [0.3, 0.4) is 0 Å². The smallest absolute Gasteiger partial charge is 0.145 e. The average Bonchev–Trinajstić information content (AvgIpc) is 2.33. The quantitative estimate of drug-likeness (QED) is 0.806. The highest BCUT2D eigenvalue weighted by Gasteiger charge is 2.03. The number of anilines is 1. The van der Waals surface area contributed by atoms with Crippen molar-refractivity contribution in [2.24, 2.45) is 0 Å². The first-order valence-electron chi connectivity index (χ1n) is 5.22. The summed E-state index contributed by atoms with van der Waals surface area (Å²) in [6.45, 7) is 3.68. The van der Waals surface area contributed by atoms with E-state index < -0.39 is 10.7 Å². The third kappa shape index (κ3) is 2.84. The summed E-state index contributed by atoms with van der Waals surface area (Å²) in [6.07, 6.45) is 1.56. The van der Waals surface area contributed by atoms with Gasteiger partial charge in [-0.3, -0.25) is 0 Å². The van der Waals surface area contributed by atoms with Gasteiger partial charge < -0.3 is 5.73 Å². The van der Waals surface area contributed by atoms with Gasteiger partial charge in [-0.1, -0.05) is 24.3 Å². The van der Waals surface area contributed by atoms with E-state index in [0.29, 0.717) is 17.2 Å². The Labute approximate surface area is 107 Å². The summed E-state index contributed by atoms with van der Waals surface area (Å²) in [5, 5.41) is 0. The van der Waals surface area contributed by atoms with E-state index >= 15 is 0 Å². The van der Waals surface area contributed by atoms with Gasteiger partial charge in [-0.2, -0.15) is 0 Å². The lowest BCUT2D eigenvalue weighted by Gasteiger charge is -2.04. The van der Waals surface area contributed by atoms with E-state index in [1.165, 1.54) is 0 Å². The summed E-state index contributed by atoms with van der Waals surface area (Å²) in [5.74, 6) is 0.350. The molecule has 0 spiro atoms. The van der Waals surface area contributed by atoms with Crippen LogP contribution in [0.25, 0.3) is 11.3 Å². The molecule has 0 atom stereocenters. The van der Waals surface area contributed by atoms with E-state index in [1.807, 2.05) is 0 Å². The van der Waals surface area contributed by atoms with Gasteiger partial charge in [0.15, 0.2) is 0 Å². The van der Waals surface area contributed by atoms with Gasteiger partial charge in [0.1, 0.15) is 16.5 Å². The van der Waals surface area contributed by atoms with Crippen LogP contribution in [0.1, 0.15) is 11.3 Å². The fourth-order valence-corrected chi connectivity index (χ4v) is 2.01. The standard InChI is InChI=1S/C12H12N3O2S/c1-8-12(13)14-6-11(15-8)10-4-2-9(3-5-10)7-18(16)17/h2-6,18H,1,7H2,(H2,13,14). The summed E-state index contributed by atoms with van der Waals surface area (Å²) in [5.41, 5.74) is 8.22. The van der Waals surface area contributed by atoms with Gasteiger partial charge >= 0.3 is 0 Å². The lowest BCUT2D eigenvalue weighted by Crippen LogP contribution is -1.98. The molecule has 0 unspecified atom stereocenters. The van der Waals surface area contributed by atoms with Gasteiger partial charge in [-0.15, -0.1) is 0 Å². The van der Waals surface area contributed by atoms with Crippen LogP contribution in [0.15, 0.2) is 30.5 Å². The van der Waals surface area contributed by atoms with Crippen molar-refractivity contribution in [1.82, 2.24) is 9.97 Å². The van der Waals surface area contributed by atoms with Crippen LogP contribution in [-0.4, -0.2) is 18.4 Å². The molecule has 6 heteroatoms. The van der Waals surface area contributed by atoms with Crippen LogP contribution >= 0.6 is 0 Å². The molecule has 1 radical (unpaired) electrons. The second kappa shape index (κ2) is 5.14. The predicted octanol–water partition coefficient (Wildman–Crippen LogP) is 1.02. The molecule has 0 aliphatic carbocycles. The molecule has 1 heterocycles. The molecule has 2 N–H and O–H groups in total. The van der Waals surface area contributed by atoms with Gasteiger partial charge in [0.25, 0.3) is 0 Å². The molecule has 0 fully saturated rings. The van der Waals surface area contributed by atoms with Crippen LogP contribution in [0.4, 0.5) is 5.82 Å². The Morgan fingerprint density at radius 2 is 1.89 bits per heavy atom. The Hall–Kier alpha value is -1.95. The number of benzene rings is 1.